The molecule has 5 heteroatoms. The van der Waals surface area contributed by atoms with Gasteiger partial charge in [-0.05, 0) is 27.8 Å². The normalized spacial score (nSPS) is 14.4. The average molecular weight is 266 g/mol. The van der Waals surface area contributed by atoms with E-state index in [1.807, 2.05) is 19.8 Å². The van der Waals surface area contributed by atoms with Gasteiger partial charge >= 0.3 is 0 Å². The Kier molecular flexibility index (Phi) is 5.94. The molecule has 0 aliphatic rings. The molecule has 5 nitrogen and oxygen atoms in total. The molecule has 0 radical (unpaired) electrons. The van der Waals surface area contributed by atoms with E-state index in [0.717, 1.165) is 0 Å². The van der Waals surface area contributed by atoms with Crippen LogP contribution >= 0.6 is 0 Å². The van der Waals surface area contributed by atoms with Gasteiger partial charge in [0, 0.05) is 5.54 Å². The number of nitrogens with one attached hydrogen (secondary N) is 1. The van der Waals surface area contributed by atoms with Crippen molar-refractivity contribution in [2.75, 3.05) is 20.1 Å². The number of amides is 1. The fourth-order valence-corrected chi connectivity index (χ4v) is 1.06. The summed E-state index contributed by atoms with van der Waals surface area (Å²) in [4.78, 5) is 25.0. The van der Waals surface area contributed by atoms with Gasteiger partial charge in [-0.1, -0.05) is 12.0 Å². The van der Waals surface area contributed by atoms with Gasteiger partial charge in [0.05, 0.1) is 13.1 Å². The maximum absolute atomic E-state index is 11.7. The molecular formula is C14H22N2O3. The number of carbonyl (C=O) groups is 2. The Hall–Kier alpha value is -1.64. The smallest absolute Gasteiger partial charge is 0.234 e. The van der Waals surface area contributed by atoms with Gasteiger partial charge in [-0.3, -0.25) is 14.5 Å². The van der Waals surface area contributed by atoms with E-state index in [9.17, 15) is 14.7 Å². The summed E-state index contributed by atoms with van der Waals surface area (Å²) in [7, 11) is 1.78. The molecule has 0 aromatic heterocycles. The molecule has 2 N–H and O–H groups in total. The molecule has 0 spiro atoms. The van der Waals surface area contributed by atoms with Crippen molar-refractivity contribution in [1.82, 2.24) is 10.2 Å². The minimum Gasteiger partial charge on any atom is -0.371 e. The molecule has 0 saturated carbocycles. The number of likely N-dealkylation sites (N-methyl/N-ethyl adjacent to an activating group) is 1. The summed E-state index contributed by atoms with van der Waals surface area (Å²) in [6, 6.07) is 0. The highest BCUT2D eigenvalue weighted by Gasteiger charge is 2.28. The second-order valence-corrected chi connectivity index (χ2v) is 5.13. The summed E-state index contributed by atoms with van der Waals surface area (Å²) in [5.41, 5.74) is -2.18. The molecule has 1 unspecified atom stereocenters. The minimum absolute atomic E-state index is 0.116. The maximum atomic E-state index is 11.7. The highest BCUT2D eigenvalue weighted by molar-refractivity contribution is 5.94. The molecule has 0 aliphatic heterocycles. The zero-order chi connectivity index (χ0) is 15.3. The van der Waals surface area contributed by atoms with E-state index in [2.05, 4.69) is 11.9 Å². The van der Waals surface area contributed by atoms with E-state index in [-0.39, 0.29) is 24.5 Å². The van der Waals surface area contributed by atoms with Crippen molar-refractivity contribution in [3.63, 3.8) is 0 Å². The number of hydrogen-bond donors (Lipinski definition) is 2. The van der Waals surface area contributed by atoms with Crippen LogP contribution in [0, 0.1) is 12.3 Å². The standard InChI is InChI=1S/C14H22N2O3/c1-7-13(3,4)16(6)10-12(18)15-9-11(17)14(5,19)8-2/h2,7,19H,1,9-10H2,3-6H3,(H,15,18). The van der Waals surface area contributed by atoms with E-state index >= 15 is 0 Å². The maximum Gasteiger partial charge on any atom is 0.234 e. The van der Waals surface area contributed by atoms with Crippen molar-refractivity contribution < 1.29 is 14.7 Å². The molecule has 0 aromatic rings. The molecule has 0 bridgehead atoms. The summed E-state index contributed by atoms with van der Waals surface area (Å²) in [5.74, 6) is 1.03. The first-order valence-electron chi connectivity index (χ1n) is 5.92. The Labute approximate surface area is 114 Å². The lowest BCUT2D eigenvalue weighted by Crippen LogP contribution is -2.48. The first kappa shape index (κ1) is 17.4. The van der Waals surface area contributed by atoms with E-state index < -0.39 is 11.4 Å². The van der Waals surface area contributed by atoms with Crippen LogP contribution in [-0.2, 0) is 9.59 Å². The third kappa shape index (κ3) is 5.25. The van der Waals surface area contributed by atoms with Gasteiger partial charge in [0.15, 0.2) is 11.4 Å². The van der Waals surface area contributed by atoms with Gasteiger partial charge in [-0.15, -0.1) is 13.0 Å². The van der Waals surface area contributed by atoms with Gasteiger partial charge in [-0.2, -0.15) is 0 Å². The quantitative estimate of drug-likeness (QED) is 0.501. The van der Waals surface area contributed by atoms with Crippen molar-refractivity contribution in [1.29, 1.82) is 0 Å². The Morgan fingerprint density at radius 2 is 2.00 bits per heavy atom. The molecule has 0 saturated heterocycles. The minimum atomic E-state index is -1.85. The number of rotatable bonds is 7. The third-order valence-electron chi connectivity index (χ3n) is 3.13. The SMILES string of the molecule is C#CC(C)(O)C(=O)CNC(=O)CN(C)C(C)(C)C=C. The van der Waals surface area contributed by atoms with Crippen LogP contribution in [0.25, 0.3) is 0 Å². The molecule has 0 aliphatic carbocycles. The molecule has 19 heavy (non-hydrogen) atoms. The third-order valence-corrected chi connectivity index (χ3v) is 3.13. The van der Waals surface area contributed by atoms with E-state index in [1.54, 1.807) is 18.0 Å². The summed E-state index contributed by atoms with van der Waals surface area (Å²) in [6.45, 7) is 8.57. The number of carbonyl (C=O) groups excluding carboxylic acids is 2. The summed E-state index contributed by atoms with van der Waals surface area (Å²) in [6.07, 6.45) is 6.75. The van der Waals surface area contributed by atoms with Crippen LogP contribution in [0.4, 0.5) is 0 Å². The van der Waals surface area contributed by atoms with Crippen LogP contribution in [0.1, 0.15) is 20.8 Å². The number of aliphatic hydroxyl groups is 1. The largest absolute Gasteiger partial charge is 0.371 e. The van der Waals surface area contributed by atoms with Crippen LogP contribution in [0.2, 0.25) is 0 Å². The van der Waals surface area contributed by atoms with E-state index in [4.69, 9.17) is 6.42 Å². The Morgan fingerprint density at radius 3 is 2.42 bits per heavy atom. The number of nitrogens with zero attached hydrogens (tertiary/aromatic N) is 1. The zero-order valence-electron chi connectivity index (χ0n) is 12.0. The Morgan fingerprint density at radius 1 is 1.47 bits per heavy atom. The van der Waals surface area contributed by atoms with E-state index in [0.29, 0.717) is 0 Å². The number of hydrogen-bond acceptors (Lipinski definition) is 4. The highest BCUT2D eigenvalue weighted by Crippen LogP contribution is 2.12. The van der Waals surface area contributed by atoms with E-state index in [1.165, 1.54) is 6.92 Å². The number of ketones is 1. The monoisotopic (exact) mass is 266 g/mol. The average Bonchev–Trinajstić information content (AvgIpc) is 2.35. The number of Topliss-reactive ketones (excluding diaryl/α,β-unsaturated/α-hetero) is 1. The van der Waals surface area contributed by atoms with Crippen LogP contribution < -0.4 is 5.32 Å². The predicted molar refractivity (Wildman–Crippen MR) is 74.4 cm³/mol. The van der Waals surface area contributed by atoms with Crippen LogP contribution in [0.15, 0.2) is 12.7 Å². The van der Waals surface area contributed by atoms with Crippen molar-refractivity contribution in [3.05, 3.63) is 12.7 Å². The lowest BCUT2D eigenvalue weighted by molar-refractivity contribution is -0.132. The molecule has 1 amide bonds. The van der Waals surface area contributed by atoms with Gasteiger partial charge < -0.3 is 10.4 Å². The van der Waals surface area contributed by atoms with Crippen LogP contribution in [0.3, 0.4) is 0 Å². The summed E-state index contributed by atoms with van der Waals surface area (Å²) >= 11 is 0. The Balaban J connectivity index is 4.33. The lowest BCUT2D eigenvalue weighted by Gasteiger charge is -2.32. The highest BCUT2D eigenvalue weighted by atomic mass is 16.3. The molecule has 0 fully saturated rings. The van der Waals surface area contributed by atoms with Gasteiger partial charge in [-0.25, -0.2) is 0 Å². The lowest BCUT2D eigenvalue weighted by atomic mass is 10.0. The summed E-state index contributed by atoms with van der Waals surface area (Å²) in [5, 5.41) is 11.9. The number of terminal acetylenes is 1. The van der Waals surface area contributed by atoms with Gasteiger partial charge in [0.2, 0.25) is 5.91 Å². The van der Waals surface area contributed by atoms with Crippen molar-refractivity contribution in [2.45, 2.75) is 31.9 Å². The Bertz CT molecular complexity index is 405. The van der Waals surface area contributed by atoms with Crippen LogP contribution in [0.5, 0.6) is 0 Å². The first-order valence-corrected chi connectivity index (χ1v) is 5.92. The zero-order valence-corrected chi connectivity index (χ0v) is 12.0. The molecule has 106 valence electrons. The molecular weight excluding hydrogens is 244 g/mol. The second kappa shape index (κ2) is 6.50. The van der Waals surface area contributed by atoms with Crippen molar-refractivity contribution in [3.8, 4) is 12.3 Å². The predicted octanol–water partition coefficient (Wildman–Crippen LogP) is -0.0477. The molecule has 0 aromatic carbocycles. The molecule has 0 heterocycles. The second-order valence-electron chi connectivity index (χ2n) is 5.13. The van der Waals surface area contributed by atoms with Gasteiger partial charge in [0.1, 0.15) is 0 Å². The topological polar surface area (TPSA) is 69.6 Å². The first-order chi connectivity index (χ1) is 8.56. The molecule has 1 atom stereocenters. The fourth-order valence-electron chi connectivity index (χ4n) is 1.06. The fraction of sp³-hybridized carbons (Fsp3) is 0.571. The van der Waals surface area contributed by atoms with Crippen LogP contribution in [-0.4, -0.2) is 53.0 Å². The summed E-state index contributed by atoms with van der Waals surface area (Å²) < 4.78 is 0. The van der Waals surface area contributed by atoms with Crippen molar-refractivity contribution >= 4 is 11.7 Å². The van der Waals surface area contributed by atoms with Gasteiger partial charge in [0.25, 0.3) is 0 Å². The van der Waals surface area contributed by atoms with Crippen molar-refractivity contribution in [2.24, 2.45) is 0 Å². The molecule has 0 rings (SSSR count).